The Bertz CT molecular complexity index is 379. The van der Waals surface area contributed by atoms with E-state index in [1.54, 1.807) is 18.3 Å². The summed E-state index contributed by atoms with van der Waals surface area (Å²) in [5.41, 5.74) is 0. The zero-order valence-corrected chi connectivity index (χ0v) is 12.2. The molecule has 0 aliphatic carbocycles. The van der Waals surface area contributed by atoms with E-state index in [0.717, 1.165) is 10.6 Å². The number of hydrogen-bond acceptors (Lipinski definition) is 4. The molecule has 0 bridgehead atoms. The van der Waals surface area contributed by atoms with Gasteiger partial charge in [0, 0.05) is 6.54 Å². The first-order valence-electron chi connectivity index (χ1n) is 5.87. The normalized spacial score (nSPS) is 11.9. The maximum absolute atomic E-state index is 11.6. The summed E-state index contributed by atoms with van der Waals surface area (Å²) in [6.07, 6.45) is 0.890. The molecule has 4 nitrogen and oxygen atoms in total. The summed E-state index contributed by atoms with van der Waals surface area (Å²) in [4.78, 5) is 23.2. The molecule has 2 amide bonds. The highest BCUT2D eigenvalue weighted by atomic mass is 32.2. The summed E-state index contributed by atoms with van der Waals surface area (Å²) in [5, 5.41) is 7.41. The number of hydrogen-bond donors (Lipinski definition) is 2. The minimum Gasteiger partial charge on any atom is -0.354 e. The van der Waals surface area contributed by atoms with Gasteiger partial charge in [-0.3, -0.25) is 9.59 Å². The van der Waals surface area contributed by atoms with E-state index in [1.807, 2.05) is 24.4 Å². The predicted molar refractivity (Wildman–Crippen MR) is 75.9 cm³/mol. The smallest absolute Gasteiger partial charge is 0.242 e. The van der Waals surface area contributed by atoms with Crippen molar-refractivity contribution in [3.63, 3.8) is 0 Å². The van der Waals surface area contributed by atoms with Gasteiger partial charge >= 0.3 is 0 Å². The Morgan fingerprint density at radius 3 is 2.89 bits per heavy atom. The van der Waals surface area contributed by atoms with Crippen molar-refractivity contribution in [2.45, 2.75) is 30.5 Å². The average molecular weight is 286 g/mol. The van der Waals surface area contributed by atoms with Gasteiger partial charge in [0.15, 0.2) is 0 Å². The molecule has 1 aromatic heterocycles. The third-order valence-corrected chi connectivity index (χ3v) is 4.29. The summed E-state index contributed by atoms with van der Waals surface area (Å²) in [7, 11) is 0. The van der Waals surface area contributed by atoms with E-state index < -0.39 is 6.04 Å². The van der Waals surface area contributed by atoms with E-state index in [4.69, 9.17) is 0 Å². The fourth-order valence-electron chi connectivity index (χ4n) is 1.23. The molecule has 1 heterocycles. The molecular weight excluding hydrogens is 268 g/mol. The van der Waals surface area contributed by atoms with Crippen LogP contribution in [-0.4, -0.2) is 30.2 Å². The van der Waals surface area contributed by atoms with Gasteiger partial charge in [-0.25, -0.2) is 0 Å². The molecule has 0 radical (unpaired) electrons. The fraction of sp³-hybridized carbons (Fsp3) is 0.500. The lowest BCUT2D eigenvalue weighted by atomic mass is 10.3. The summed E-state index contributed by atoms with van der Waals surface area (Å²) in [5.74, 6) is 0.0882. The van der Waals surface area contributed by atoms with E-state index in [2.05, 4.69) is 10.6 Å². The Labute approximate surface area is 116 Å². The summed E-state index contributed by atoms with van der Waals surface area (Å²) < 4.78 is 1.10. The summed E-state index contributed by atoms with van der Waals surface area (Å²) in [6, 6.07) is 3.44. The van der Waals surface area contributed by atoms with Crippen LogP contribution in [0, 0.1) is 0 Å². The van der Waals surface area contributed by atoms with Crippen LogP contribution in [0.25, 0.3) is 0 Å². The SMILES string of the molecule is CCCNC(=O)[C@@H](C)NC(=O)CSc1cccs1. The van der Waals surface area contributed by atoms with Crippen molar-refractivity contribution in [3.05, 3.63) is 17.5 Å². The number of nitrogens with one attached hydrogen (secondary N) is 2. The number of carbonyl (C=O) groups excluding carboxylic acids is 2. The van der Waals surface area contributed by atoms with Crippen molar-refractivity contribution in [2.24, 2.45) is 0 Å². The fourth-order valence-corrected chi connectivity index (χ4v) is 2.83. The molecule has 0 fully saturated rings. The van der Waals surface area contributed by atoms with Gasteiger partial charge in [0.1, 0.15) is 6.04 Å². The first-order valence-corrected chi connectivity index (χ1v) is 7.73. The number of carbonyl (C=O) groups is 2. The van der Waals surface area contributed by atoms with E-state index in [1.165, 1.54) is 11.8 Å². The average Bonchev–Trinajstić information content (AvgIpc) is 2.86. The maximum Gasteiger partial charge on any atom is 0.242 e. The molecule has 1 aromatic rings. The quantitative estimate of drug-likeness (QED) is 0.752. The Balaban J connectivity index is 2.24. The molecule has 0 saturated carbocycles. The van der Waals surface area contributed by atoms with Gasteiger partial charge in [0.25, 0.3) is 0 Å². The zero-order chi connectivity index (χ0) is 13.4. The first-order chi connectivity index (χ1) is 8.63. The lowest BCUT2D eigenvalue weighted by Gasteiger charge is -2.13. The van der Waals surface area contributed by atoms with Gasteiger partial charge in [-0.1, -0.05) is 13.0 Å². The number of thioether (sulfide) groups is 1. The van der Waals surface area contributed by atoms with Gasteiger partial charge in [0.05, 0.1) is 9.96 Å². The van der Waals surface area contributed by atoms with E-state index >= 15 is 0 Å². The molecule has 100 valence electrons. The van der Waals surface area contributed by atoms with Crippen LogP contribution in [0.15, 0.2) is 21.7 Å². The zero-order valence-electron chi connectivity index (χ0n) is 10.6. The number of amides is 2. The van der Waals surface area contributed by atoms with Crippen LogP contribution in [0.3, 0.4) is 0 Å². The second-order valence-electron chi connectivity index (χ2n) is 3.80. The second kappa shape index (κ2) is 8.16. The standard InChI is InChI=1S/C12H18N2O2S2/c1-3-6-13-12(16)9(2)14-10(15)8-18-11-5-4-7-17-11/h4-5,7,9H,3,6,8H2,1-2H3,(H,13,16)(H,14,15)/t9-/m1/s1. The lowest BCUT2D eigenvalue weighted by Crippen LogP contribution is -2.45. The topological polar surface area (TPSA) is 58.2 Å². The van der Waals surface area contributed by atoms with E-state index in [-0.39, 0.29) is 11.8 Å². The molecule has 18 heavy (non-hydrogen) atoms. The van der Waals surface area contributed by atoms with Crippen LogP contribution in [-0.2, 0) is 9.59 Å². The highest BCUT2D eigenvalue weighted by Crippen LogP contribution is 2.22. The van der Waals surface area contributed by atoms with Crippen LogP contribution in [0.5, 0.6) is 0 Å². The van der Waals surface area contributed by atoms with E-state index in [0.29, 0.717) is 12.3 Å². The molecule has 0 aliphatic rings. The molecule has 0 aliphatic heterocycles. The summed E-state index contributed by atoms with van der Waals surface area (Å²) in [6.45, 7) is 4.32. The van der Waals surface area contributed by atoms with Crippen molar-refractivity contribution in [1.29, 1.82) is 0 Å². The third kappa shape index (κ3) is 5.55. The van der Waals surface area contributed by atoms with Crippen molar-refractivity contribution in [3.8, 4) is 0 Å². The number of thiophene rings is 1. The van der Waals surface area contributed by atoms with Gasteiger partial charge in [0.2, 0.25) is 11.8 Å². The molecular formula is C12H18N2O2S2. The highest BCUT2D eigenvalue weighted by Gasteiger charge is 2.14. The highest BCUT2D eigenvalue weighted by molar-refractivity contribution is 8.01. The van der Waals surface area contributed by atoms with E-state index in [9.17, 15) is 9.59 Å². The van der Waals surface area contributed by atoms with Gasteiger partial charge in [-0.15, -0.1) is 23.1 Å². The van der Waals surface area contributed by atoms with Crippen LogP contribution >= 0.6 is 23.1 Å². The Hall–Kier alpha value is -1.01. The lowest BCUT2D eigenvalue weighted by molar-refractivity contribution is -0.127. The van der Waals surface area contributed by atoms with Crippen LogP contribution < -0.4 is 10.6 Å². The predicted octanol–water partition coefficient (Wildman–Crippen LogP) is 1.87. The summed E-state index contributed by atoms with van der Waals surface area (Å²) >= 11 is 3.09. The van der Waals surface area contributed by atoms with Gasteiger partial charge in [-0.2, -0.15) is 0 Å². The van der Waals surface area contributed by atoms with Crippen LogP contribution in [0.2, 0.25) is 0 Å². The third-order valence-electron chi connectivity index (χ3n) is 2.16. The number of rotatable bonds is 7. The Morgan fingerprint density at radius 1 is 1.50 bits per heavy atom. The molecule has 0 unspecified atom stereocenters. The largest absolute Gasteiger partial charge is 0.354 e. The molecule has 1 rings (SSSR count). The minimum absolute atomic E-state index is 0.118. The van der Waals surface area contributed by atoms with Gasteiger partial charge < -0.3 is 10.6 Å². The van der Waals surface area contributed by atoms with Gasteiger partial charge in [-0.05, 0) is 24.8 Å². The first kappa shape index (κ1) is 15.0. The van der Waals surface area contributed by atoms with Crippen LogP contribution in [0.4, 0.5) is 0 Å². The van der Waals surface area contributed by atoms with Crippen molar-refractivity contribution in [2.75, 3.05) is 12.3 Å². The molecule has 0 spiro atoms. The molecule has 0 saturated heterocycles. The molecule has 6 heteroatoms. The van der Waals surface area contributed by atoms with Crippen LogP contribution in [0.1, 0.15) is 20.3 Å². The molecule has 1 atom stereocenters. The van der Waals surface area contributed by atoms with Crippen molar-refractivity contribution in [1.82, 2.24) is 10.6 Å². The maximum atomic E-state index is 11.6. The molecule has 2 N–H and O–H groups in total. The molecule has 0 aromatic carbocycles. The Morgan fingerprint density at radius 2 is 2.28 bits per heavy atom. The minimum atomic E-state index is -0.479. The second-order valence-corrected chi connectivity index (χ2v) is 6.02. The van der Waals surface area contributed by atoms with Crippen molar-refractivity contribution < 1.29 is 9.59 Å². The van der Waals surface area contributed by atoms with Crippen molar-refractivity contribution >= 4 is 34.9 Å². The monoisotopic (exact) mass is 286 g/mol. The Kier molecular flexibility index (Phi) is 6.82.